The SMILES string of the molecule is CCC(N)(CC(C)(C)C)C(=O)OC1C2CC3C1OC(=O)C3C2C(=O)OC. The summed E-state index contributed by atoms with van der Waals surface area (Å²) in [7, 11) is 1.30. The fourth-order valence-corrected chi connectivity index (χ4v) is 5.13. The van der Waals surface area contributed by atoms with Crippen LogP contribution >= 0.6 is 0 Å². The van der Waals surface area contributed by atoms with Crippen molar-refractivity contribution in [3.63, 3.8) is 0 Å². The minimum atomic E-state index is -1.11. The predicted octanol–water partition coefficient (Wildman–Crippen LogP) is 1.42. The van der Waals surface area contributed by atoms with Gasteiger partial charge in [0.1, 0.15) is 17.7 Å². The molecule has 2 saturated carbocycles. The molecule has 2 aliphatic carbocycles. The van der Waals surface area contributed by atoms with E-state index in [1.807, 2.05) is 27.7 Å². The lowest BCUT2D eigenvalue weighted by atomic mass is 9.77. The number of hydrogen-bond donors (Lipinski definition) is 1. The summed E-state index contributed by atoms with van der Waals surface area (Å²) in [5.74, 6) is -2.75. The summed E-state index contributed by atoms with van der Waals surface area (Å²) < 4.78 is 16.1. The molecule has 3 fully saturated rings. The Labute approximate surface area is 153 Å². The summed E-state index contributed by atoms with van der Waals surface area (Å²) in [4.78, 5) is 37.3. The lowest BCUT2D eigenvalue weighted by Crippen LogP contribution is -2.54. The number of carbonyl (C=O) groups is 3. The number of rotatable bonds is 5. The molecule has 3 rings (SSSR count). The average Bonchev–Trinajstić information content (AvgIpc) is 3.15. The maximum Gasteiger partial charge on any atom is 0.326 e. The van der Waals surface area contributed by atoms with E-state index >= 15 is 0 Å². The van der Waals surface area contributed by atoms with Gasteiger partial charge in [-0.25, -0.2) is 0 Å². The van der Waals surface area contributed by atoms with Gasteiger partial charge < -0.3 is 19.9 Å². The first-order valence-electron chi connectivity index (χ1n) is 9.30. The Balaban J connectivity index is 1.81. The first-order valence-corrected chi connectivity index (χ1v) is 9.30. The molecule has 0 aromatic heterocycles. The van der Waals surface area contributed by atoms with Gasteiger partial charge in [0.15, 0.2) is 0 Å². The van der Waals surface area contributed by atoms with Gasteiger partial charge in [-0.2, -0.15) is 0 Å². The average molecular weight is 367 g/mol. The van der Waals surface area contributed by atoms with Crippen LogP contribution in [0.3, 0.4) is 0 Å². The quantitative estimate of drug-likeness (QED) is 0.579. The number of nitrogens with two attached hydrogens (primary N) is 1. The maximum atomic E-state index is 12.9. The highest BCUT2D eigenvalue weighted by atomic mass is 16.6. The maximum absolute atomic E-state index is 12.9. The molecule has 7 unspecified atom stereocenters. The molecule has 0 radical (unpaired) electrons. The largest absolute Gasteiger partial charge is 0.469 e. The van der Waals surface area contributed by atoms with Crippen molar-refractivity contribution in [1.82, 2.24) is 0 Å². The Morgan fingerprint density at radius 2 is 1.92 bits per heavy atom. The van der Waals surface area contributed by atoms with E-state index < -0.39 is 41.5 Å². The molecular weight excluding hydrogens is 338 g/mol. The lowest BCUT2D eigenvalue weighted by molar-refractivity contribution is -0.171. The van der Waals surface area contributed by atoms with Crippen LogP contribution in [0.2, 0.25) is 0 Å². The molecule has 0 amide bonds. The number of carbonyl (C=O) groups excluding carboxylic acids is 3. The molecule has 7 nitrogen and oxygen atoms in total. The molecule has 0 aromatic rings. The van der Waals surface area contributed by atoms with Crippen LogP contribution in [-0.2, 0) is 28.6 Å². The van der Waals surface area contributed by atoms with E-state index in [1.165, 1.54) is 7.11 Å². The molecule has 7 heteroatoms. The molecule has 1 aliphatic heterocycles. The highest BCUT2D eigenvalue weighted by Gasteiger charge is 2.70. The van der Waals surface area contributed by atoms with Gasteiger partial charge >= 0.3 is 17.9 Å². The van der Waals surface area contributed by atoms with E-state index in [1.54, 1.807) is 0 Å². The minimum Gasteiger partial charge on any atom is -0.469 e. The molecule has 1 saturated heterocycles. The third kappa shape index (κ3) is 2.90. The van der Waals surface area contributed by atoms with Crippen LogP contribution in [0.15, 0.2) is 0 Å². The van der Waals surface area contributed by atoms with Crippen LogP contribution in [0.5, 0.6) is 0 Å². The number of methoxy groups -OCH3 is 1. The molecular formula is C19H29NO6. The second-order valence-corrected chi connectivity index (χ2v) is 9.16. The molecule has 3 aliphatic rings. The van der Waals surface area contributed by atoms with Gasteiger partial charge in [0, 0.05) is 11.8 Å². The number of hydrogen-bond acceptors (Lipinski definition) is 7. The minimum absolute atomic E-state index is 0.0918. The van der Waals surface area contributed by atoms with Gasteiger partial charge in [0.2, 0.25) is 0 Å². The first-order chi connectivity index (χ1) is 12.0. The fourth-order valence-electron chi connectivity index (χ4n) is 5.13. The van der Waals surface area contributed by atoms with Crippen LogP contribution < -0.4 is 5.73 Å². The van der Waals surface area contributed by atoms with Crippen molar-refractivity contribution in [1.29, 1.82) is 0 Å². The zero-order chi connectivity index (χ0) is 19.4. The smallest absolute Gasteiger partial charge is 0.326 e. The molecule has 26 heavy (non-hydrogen) atoms. The summed E-state index contributed by atoms with van der Waals surface area (Å²) in [5.41, 5.74) is 5.13. The highest BCUT2D eigenvalue weighted by Crippen LogP contribution is 2.59. The summed E-state index contributed by atoms with van der Waals surface area (Å²) >= 11 is 0. The molecule has 0 aromatic carbocycles. The summed E-state index contributed by atoms with van der Waals surface area (Å²) in [6.07, 6.45) is 0.440. The molecule has 1 heterocycles. The van der Waals surface area contributed by atoms with Crippen LogP contribution in [0.1, 0.15) is 47.0 Å². The van der Waals surface area contributed by atoms with Crippen molar-refractivity contribution >= 4 is 17.9 Å². The number of esters is 3. The summed E-state index contributed by atoms with van der Waals surface area (Å²) in [6, 6.07) is 0. The Hall–Kier alpha value is -1.63. The Morgan fingerprint density at radius 1 is 1.27 bits per heavy atom. The molecule has 2 N–H and O–H groups in total. The van der Waals surface area contributed by atoms with Crippen molar-refractivity contribution in [2.45, 2.75) is 64.7 Å². The second-order valence-electron chi connectivity index (χ2n) is 9.16. The van der Waals surface area contributed by atoms with Gasteiger partial charge in [0.25, 0.3) is 0 Å². The van der Waals surface area contributed by atoms with Gasteiger partial charge in [-0.3, -0.25) is 14.4 Å². The Bertz CT molecular complexity index is 626. The molecule has 0 spiro atoms. The van der Waals surface area contributed by atoms with Crippen LogP contribution in [0, 0.1) is 29.1 Å². The topological polar surface area (TPSA) is 105 Å². The third-order valence-corrected chi connectivity index (χ3v) is 6.15. The highest BCUT2D eigenvalue weighted by molar-refractivity contribution is 5.86. The molecule has 146 valence electrons. The van der Waals surface area contributed by atoms with Crippen LogP contribution in [0.4, 0.5) is 0 Å². The second kappa shape index (κ2) is 6.22. The third-order valence-electron chi connectivity index (χ3n) is 6.15. The van der Waals surface area contributed by atoms with E-state index in [0.29, 0.717) is 19.3 Å². The van der Waals surface area contributed by atoms with Gasteiger partial charge in [-0.05, 0) is 24.7 Å². The fraction of sp³-hybridized carbons (Fsp3) is 0.842. The standard InChI is InChI=1S/C19H29NO6/c1-6-19(20,8-18(2,3)4)17(23)26-14-9-7-10-12(11(9)15(21)24-5)16(22)25-13(10)14/h9-14H,6-8,20H2,1-5H3. The number of fused-ring (bicyclic) bond motifs is 1. The monoisotopic (exact) mass is 367 g/mol. The van der Waals surface area contributed by atoms with E-state index in [9.17, 15) is 14.4 Å². The van der Waals surface area contributed by atoms with Crippen molar-refractivity contribution < 1.29 is 28.6 Å². The van der Waals surface area contributed by atoms with Gasteiger partial charge in [-0.1, -0.05) is 27.7 Å². The van der Waals surface area contributed by atoms with Crippen molar-refractivity contribution in [3.05, 3.63) is 0 Å². The summed E-state index contributed by atoms with van der Waals surface area (Å²) in [5, 5.41) is 0. The normalized spacial score (nSPS) is 37.2. The van der Waals surface area contributed by atoms with E-state index in [2.05, 4.69) is 0 Å². The molecule has 7 atom stereocenters. The van der Waals surface area contributed by atoms with Gasteiger partial charge in [-0.15, -0.1) is 0 Å². The van der Waals surface area contributed by atoms with E-state index in [0.717, 1.165) is 0 Å². The van der Waals surface area contributed by atoms with Crippen LogP contribution in [0.25, 0.3) is 0 Å². The molecule has 2 bridgehead atoms. The zero-order valence-corrected chi connectivity index (χ0v) is 16.1. The Kier molecular flexibility index (Phi) is 4.58. The van der Waals surface area contributed by atoms with Crippen molar-refractivity contribution in [3.8, 4) is 0 Å². The summed E-state index contributed by atoms with van der Waals surface area (Å²) in [6.45, 7) is 7.92. The Morgan fingerprint density at radius 3 is 2.46 bits per heavy atom. The van der Waals surface area contributed by atoms with Crippen molar-refractivity contribution in [2.24, 2.45) is 34.8 Å². The zero-order valence-electron chi connectivity index (χ0n) is 16.1. The predicted molar refractivity (Wildman–Crippen MR) is 91.6 cm³/mol. The van der Waals surface area contributed by atoms with E-state index in [-0.39, 0.29) is 23.2 Å². The van der Waals surface area contributed by atoms with Crippen molar-refractivity contribution in [2.75, 3.05) is 7.11 Å². The van der Waals surface area contributed by atoms with Crippen LogP contribution in [-0.4, -0.2) is 42.8 Å². The number of ether oxygens (including phenoxy) is 3. The van der Waals surface area contributed by atoms with E-state index in [4.69, 9.17) is 19.9 Å². The van der Waals surface area contributed by atoms with Gasteiger partial charge in [0.05, 0.1) is 18.9 Å². The lowest BCUT2D eigenvalue weighted by Gasteiger charge is -2.36. The first kappa shape index (κ1) is 19.1.